The lowest BCUT2D eigenvalue weighted by Crippen LogP contribution is -2.41. The molecule has 0 bridgehead atoms. The van der Waals surface area contributed by atoms with Crippen LogP contribution < -0.4 is 0 Å². The molecule has 1 aliphatic heterocycles. The first-order chi connectivity index (χ1) is 8.72. The summed E-state index contributed by atoms with van der Waals surface area (Å²) in [6, 6.07) is 0. The average molecular weight is 251 g/mol. The molecule has 1 saturated heterocycles. The van der Waals surface area contributed by atoms with E-state index in [0.717, 1.165) is 25.9 Å². The van der Waals surface area contributed by atoms with Gasteiger partial charge in [0.2, 0.25) is 5.91 Å². The number of aromatic amines is 1. The van der Waals surface area contributed by atoms with Crippen LogP contribution in [-0.2, 0) is 9.53 Å². The summed E-state index contributed by atoms with van der Waals surface area (Å²) < 4.78 is 5.19. The highest BCUT2D eigenvalue weighted by Gasteiger charge is 2.26. The number of carbonyl (C=O) groups excluding carboxylic acids is 1. The fraction of sp³-hybridized carbons (Fsp3) is 0.692. The second kappa shape index (κ2) is 6.00. The van der Waals surface area contributed by atoms with E-state index in [2.05, 4.69) is 17.1 Å². The van der Waals surface area contributed by atoms with E-state index in [1.807, 2.05) is 18.0 Å². The summed E-state index contributed by atoms with van der Waals surface area (Å²) in [5.41, 5.74) is 2.35. The van der Waals surface area contributed by atoms with Gasteiger partial charge in [0.1, 0.15) is 6.61 Å². The Balaban J connectivity index is 1.96. The summed E-state index contributed by atoms with van der Waals surface area (Å²) in [6.07, 6.45) is 4.00. The molecular formula is C13H21N3O2. The number of H-pyrrole nitrogens is 1. The van der Waals surface area contributed by atoms with Crippen LogP contribution in [0.2, 0.25) is 0 Å². The lowest BCUT2D eigenvalue weighted by Gasteiger charge is -2.32. The molecule has 1 amide bonds. The van der Waals surface area contributed by atoms with Crippen LogP contribution in [0.3, 0.4) is 0 Å². The molecule has 1 fully saturated rings. The first-order valence-corrected chi connectivity index (χ1v) is 6.57. The lowest BCUT2D eigenvalue weighted by molar-refractivity contribution is -0.137. The molecule has 2 heterocycles. The summed E-state index contributed by atoms with van der Waals surface area (Å²) in [7, 11) is 0. The molecular weight excluding hydrogens is 230 g/mol. The number of amides is 1. The molecule has 5 nitrogen and oxygen atoms in total. The Hall–Kier alpha value is -1.36. The minimum Gasteiger partial charge on any atom is -0.372 e. The molecule has 0 spiro atoms. The Kier molecular flexibility index (Phi) is 4.36. The van der Waals surface area contributed by atoms with Crippen LogP contribution in [0.4, 0.5) is 0 Å². The molecule has 1 aromatic heterocycles. The first-order valence-electron chi connectivity index (χ1n) is 6.57. The first kappa shape index (κ1) is 13.1. The fourth-order valence-electron chi connectivity index (χ4n) is 2.49. The largest absolute Gasteiger partial charge is 0.372 e. The quantitative estimate of drug-likeness (QED) is 0.881. The van der Waals surface area contributed by atoms with E-state index in [-0.39, 0.29) is 12.5 Å². The van der Waals surface area contributed by atoms with Gasteiger partial charge in [0.15, 0.2) is 0 Å². The van der Waals surface area contributed by atoms with Gasteiger partial charge in [-0.05, 0) is 32.3 Å². The summed E-state index contributed by atoms with van der Waals surface area (Å²) >= 11 is 0. The second-order valence-corrected chi connectivity index (χ2v) is 4.78. The monoisotopic (exact) mass is 251 g/mol. The van der Waals surface area contributed by atoms with Crippen LogP contribution in [0.5, 0.6) is 0 Å². The smallest absolute Gasteiger partial charge is 0.248 e. The minimum atomic E-state index is 0.0960. The van der Waals surface area contributed by atoms with Crippen LogP contribution in [0.15, 0.2) is 6.20 Å². The van der Waals surface area contributed by atoms with Gasteiger partial charge in [0.25, 0.3) is 0 Å². The number of hydrogen-bond donors (Lipinski definition) is 1. The van der Waals surface area contributed by atoms with Gasteiger partial charge in [-0.3, -0.25) is 9.89 Å². The van der Waals surface area contributed by atoms with Crippen LogP contribution >= 0.6 is 0 Å². The zero-order chi connectivity index (χ0) is 13.0. The zero-order valence-electron chi connectivity index (χ0n) is 11.1. The van der Waals surface area contributed by atoms with Crippen LogP contribution in [-0.4, -0.2) is 47.3 Å². The van der Waals surface area contributed by atoms with Crippen molar-refractivity contribution in [1.82, 2.24) is 15.1 Å². The van der Waals surface area contributed by atoms with Crippen LogP contribution in [0.1, 0.15) is 36.9 Å². The number of carbonyl (C=O) groups is 1. The molecule has 100 valence electrons. The van der Waals surface area contributed by atoms with E-state index in [1.165, 1.54) is 11.3 Å². The summed E-state index contributed by atoms with van der Waals surface area (Å²) in [5.74, 6) is 0.477. The molecule has 18 heavy (non-hydrogen) atoms. The Bertz CT molecular complexity index is 403. The molecule has 1 aromatic rings. The van der Waals surface area contributed by atoms with Gasteiger partial charge in [-0.25, -0.2) is 0 Å². The molecule has 2 rings (SSSR count). The van der Waals surface area contributed by atoms with Crippen LogP contribution in [0, 0.1) is 6.92 Å². The number of ether oxygens (including phenoxy) is 1. The van der Waals surface area contributed by atoms with Crippen molar-refractivity contribution < 1.29 is 9.53 Å². The van der Waals surface area contributed by atoms with Gasteiger partial charge in [0, 0.05) is 31.3 Å². The number of aromatic nitrogens is 2. The summed E-state index contributed by atoms with van der Waals surface area (Å²) in [5, 5.41) is 7.12. The maximum atomic E-state index is 11.9. The highest BCUT2D eigenvalue weighted by Crippen LogP contribution is 2.27. The van der Waals surface area contributed by atoms with Gasteiger partial charge >= 0.3 is 0 Å². The SMILES string of the molecule is CCOCC(=O)N1CCC[C@H](c2[nH]ncc2C)C1. The molecule has 1 aliphatic rings. The predicted octanol–water partition coefficient (Wildman–Crippen LogP) is 1.46. The Labute approximate surface area is 108 Å². The normalized spacial score (nSPS) is 20.1. The van der Waals surface area contributed by atoms with E-state index < -0.39 is 0 Å². The van der Waals surface area contributed by atoms with Crippen molar-refractivity contribution >= 4 is 5.91 Å². The van der Waals surface area contributed by atoms with Gasteiger partial charge < -0.3 is 9.64 Å². The predicted molar refractivity (Wildman–Crippen MR) is 68.4 cm³/mol. The Morgan fingerprint density at radius 2 is 2.50 bits per heavy atom. The van der Waals surface area contributed by atoms with Crippen LogP contribution in [0.25, 0.3) is 0 Å². The molecule has 0 aromatic carbocycles. The third kappa shape index (κ3) is 2.90. The van der Waals surface area contributed by atoms with E-state index in [9.17, 15) is 4.79 Å². The number of nitrogens with one attached hydrogen (secondary N) is 1. The lowest BCUT2D eigenvalue weighted by atomic mass is 9.93. The third-order valence-electron chi connectivity index (χ3n) is 3.48. The van der Waals surface area contributed by atoms with E-state index >= 15 is 0 Å². The topological polar surface area (TPSA) is 58.2 Å². The standard InChI is InChI=1S/C13H21N3O2/c1-3-18-9-12(17)16-6-4-5-11(8-16)13-10(2)7-14-15-13/h7,11H,3-6,8-9H2,1-2H3,(H,14,15)/t11-/m0/s1. The average Bonchev–Trinajstić information content (AvgIpc) is 2.82. The van der Waals surface area contributed by atoms with Crippen molar-refractivity contribution in [2.24, 2.45) is 0 Å². The number of rotatable bonds is 4. The molecule has 1 atom stereocenters. The molecule has 1 N–H and O–H groups in total. The highest BCUT2D eigenvalue weighted by atomic mass is 16.5. The number of piperidine rings is 1. The highest BCUT2D eigenvalue weighted by molar-refractivity contribution is 5.77. The van der Waals surface area contributed by atoms with E-state index in [0.29, 0.717) is 12.5 Å². The van der Waals surface area contributed by atoms with Gasteiger partial charge in [-0.1, -0.05) is 0 Å². The summed E-state index contributed by atoms with van der Waals surface area (Å²) in [6.45, 7) is 6.36. The van der Waals surface area contributed by atoms with Crippen molar-refractivity contribution in [3.63, 3.8) is 0 Å². The number of nitrogens with zero attached hydrogens (tertiary/aromatic N) is 2. The number of hydrogen-bond acceptors (Lipinski definition) is 3. The van der Waals surface area contributed by atoms with Gasteiger partial charge in [-0.2, -0.15) is 5.10 Å². The Morgan fingerprint density at radius 1 is 1.67 bits per heavy atom. The molecule has 0 unspecified atom stereocenters. The maximum Gasteiger partial charge on any atom is 0.248 e. The van der Waals surface area contributed by atoms with Gasteiger partial charge in [0.05, 0.1) is 6.20 Å². The van der Waals surface area contributed by atoms with Crippen molar-refractivity contribution in [3.05, 3.63) is 17.5 Å². The number of aryl methyl sites for hydroxylation is 1. The zero-order valence-corrected chi connectivity index (χ0v) is 11.1. The Morgan fingerprint density at radius 3 is 3.17 bits per heavy atom. The van der Waals surface area contributed by atoms with Crippen molar-refractivity contribution in [2.45, 2.75) is 32.6 Å². The van der Waals surface area contributed by atoms with E-state index in [4.69, 9.17) is 4.74 Å². The number of likely N-dealkylation sites (tertiary alicyclic amines) is 1. The molecule has 5 heteroatoms. The maximum absolute atomic E-state index is 11.9. The molecule has 0 radical (unpaired) electrons. The summed E-state index contributed by atoms with van der Waals surface area (Å²) in [4.78, 5) is 13.8. The molecule has 0 aliphatic carbocycles. The minimum absolute atomic E-state index is 0.0960. The van der Waals surface area contributed by atoms with Crippen molar-refractivity contribution in [2.75, 3.05) is 26.3 Å². The van der Waals surface area contributed by atoms with E-state index in [1.54, 1.807) is 0 Å². The third-order valence-corrected chi connectivity index (χ3v) is 3.48. The van der Waals surface area contributed by atoms with Crippen molar-refractivity contribution in [3.8, 4) is 0 Å². The van der Waals surface area contributed by atoms with Crippen molar-refractivity contribution in [1.29, 1.82) is 0 Å². The molecule has 0 saturated carbocycles. The fourth-order valence-corrected chi connectivity index (χ4v) is 2.49. The van der Waals surface area contributed by atoms with Gasteiger partial charge in [-0.15, -0.1) is 0 Å². The second-order valence-electron chi connectivity index (χ2n) is 4.78.